The van der Waals surface area contributed by atoms with Gasteiger partial charge in [0.15, 0.2) is 11.5 Å². The van der Waals surface area contributed by atoms with Gasteiger partial charge < -0.3 is 19.1 Å². The predicted octanol–water partition coefficient (Wildman–Crippen LogP) is 2.63. The molecular weight excluding hydrogens is 354 g/mol. The molecule has 2 aromatic rings. The number of benzene rings is 2. The summed E-state index contributed by atoms with van der Waals surface area (Å²) in [4.78, 5) is 13.4. The molecule has 0 bridgehead atoms. The van der Waals surface area contributed by atoms with Crippen LogP contribution in [0.1, 0.15) is 30.9 Å². The van der Waals surface area contributed by atoms with Crippen molar-refractivity contribution >= 4 is 5.97 Å². The maximum Gasteiger partial charge on any atom is 0.309 e. The summed E-state index contributed by atoms with van der Waals surface area (Å²) < 4.78 is 16.6. The standard InChI is InChI=1S/C23H29NO4/c1-3-27-23(25)20-11-13-24(14-12-20)16-19-9-10-21(22(15-19)26-2)28-17-18-7-5-4-6-8-18/h4-10,15,20H,3,11-14,16-17H2,1-2H3/p+1. The van der Waals surface area contributed by atoms with Crippen molar-refractivity contribution in [2.75, 3.05) is 26.8 Å². The molecule has 0 saturated carbocycles. The number of quaternary nitrogens is 1. The van der Waals surface area contributed by atoms with Crippen LogP contribution in [0.2, 0.25) is 0 Å². The summed E-state index contributed by atoms with van der Waals surface area (Å²) in [7, 11) is 1.67. The van der Waals surface area contributed by atoms with Gasteiger partial charge in [-0.25, -0.2) is 0 Å². The van der Waals surface area contributed by atoms with Crippen molar-refractivity contribution in [3.8, 4) is 11.5 Å². The maximum absolute atomic E-state index is 11.9. The highest BCUT2D eigenvalue weighted by Crippen LogP contribution is 2.28. The van der Waals surface area contributed by atoms with Crippen LogP contribution in [-0.4, -0.2) is 32.8 Å². The largest absolute Gasteiger partial charge is 0.493 e. The molecule has 0 atom stereocenters. The normalized spacial score (nSPS) is 19.1. The third kappa shape index (κ3) is 5.49. The van der Waals surface area contributed by atoms with Gasteiger partial charge in [0, 0.05) is 18.4 Å². The van der Waals surface area contributed by atoms with Crippen molar-refractivity contribution in [1.29, 1.82) is 0 Å². The summed E-state index contributed by atoms with van der Waals surface area (Å²) in [6.45, 7) is 5.73. The van der Waals surface area contributed by atoms with E-state index in [1.807, 2.05) is 43.3 Å². The zero-order chi connectivity index (χ0) is 19.8. The molecule has 1 saturated heterocycles. The fourth-order valence-corrected chi connectivity index (χ4v) is 3.66. The molecule has 3 rings (SSSR count). The quantitative estimate of drug-likeness (QED) is 0.711. The van der Waals surface area contributed by atoms with Gasteiger partial charge in [-0.3, -0.25) is 4.79 Å². The Bertz CT molecular complexity index is 754. The number of hydrogen-bond donors (Lipinski definition) is 1. The summed E-state index contributed by atoms with van der Waals surface area (Å²) in [5.41, 5.74) is 2.34. The Labute approximate surface area is 167 Å². The monoisotopic (exact) mass is 384 g/mol. The predicted molar refractivity (Wildman–Crippen MR) is 108 cm³/mol. The van der Waals surface area contributed by atoms with E-state index in [1.165, 1.54) is 10.5 Å². The Morgan fingerprint density at radius 1 is 1.04 bits per heavy atom. The highest BCUT2D eigenvalue weighted by atomic mass is 16.5. The average Bonchev–Trinajstić information content (AvgIpc) is 2.74. The van der Waals surface area contributed by atoms with Gasteiger partial charge in [-0.1, -0.05) is 30.3 Å². The van der Waals surface area contributed by atoms with E-state index in [0.717, 1.165) is 49.5 Å². The lowest BCUT2D eigenvalue weighted by Gasteiger charge is -2.28. The number of likely N-dealkylation sites (tertiary alicyclic amines) is 1. The molecule has 1 aliphatic heterocycles. The number of carbonyl (C=O) groups excluding carboxylic acids is 1. The summed E-state index contributed by atoms with van der Waals surface area (Å²) >= 11 is 0. The number of methoxy groups -OCH3 is 1. The Hall–Kier alpha value is -2.53. The van der Waals surface area contributed by atoms with Crippen molar-refractivity contribution in [3.63, 3.8) is 0 Å². The number of esters is 1. The van der Waals surface area contributed by atoms with Crippen molar-refractivity contribution in [3.05, 3.63) is 59.7 Å². The first-order valence-electron chi connectivity index (χ1n) is 10.0. The van der Waals surface area contributed by atoms with E-state index in [4.69, 9.17) is 14.2 Å². The van der Waals surface area contributed by atoms with Crippen LogP contribution in [0, 0.1) is 5.92 Å². The van der Waals surface area contributed by atoms with E-state index >= 15 is 0 Å². The summed E-state index contributed by atoms with van der Waals surface area (Å²) in [5, 5.41) is 0. The second kappa shape index (κ2) is 10.1. The van der Waals surface area contributed by atoms with Gasteiger partial charge in [0.05, 0.1) is 32.7 Å². The Morgan fingerprint density at radius 3 is 2.46 bits per heavy atom. The second-order valence-electron chi connectivity index (χ2n) is 7.21. The van der Waals surface area contributed by atoms with E-state index < -0.39 is 0 Å². The smallest absolute Gasteiger partial charge is 0.309 e. The first kappa shape index (κ1) is 20.2. The van der Waals surface area contributed by atoms with Gasteiger partial charge in [-0.05, 0) is 30.7 Å². The zero-order valence-electron chi connectivity index (χ0n) is 16.8. The SMILES string of the molecule is CCOC(=O)C1CC[NH+](Cc2ccc(OCc3ccccc3)c(OC)c2)CC1. The molecule has 0 aliphatic carbocycles. The Kier molecular flexibility index (Phi) is 7.31. The van der Waals surface area contributed by atoms with E-state index in [9.17, 15) is 4.79 Å². The molecular formula is C23H30NO4+. The van der Waals surface area contributed by atoms with Gasteiger partial charge in [-0.2, -0.15) is 0 Å². The topological polar surface area (TPSA) is 49.2 Å². The van der Waals surface area contributed by atoms with Gasteiger partial charge in [0.2, 0.25) is 0 Å². The molecule has 0 unspecified atom stereocenters. The van der Waals surface area contributed by atoms with Gasteiger partial charge in [0.25, 0.3) is 0 Å². The fraction of sp³-hybridized carbons (Fsp3) is 0.435. The number of ether oxygens (including phenoxy) is 3. The van der Waals surface area contributed by atoms with Gasteiger partial charge in [0.1, 0.15) is 13.2 Å². The van der Waals surface area contributed by atoms with Crippen LogP contribution >= 0.6 is 0 Å². The third-order valence-electron chi connectivity index (χ3n) is 5.23. The first-order chi connectivity index (χ1) is 13.7. The zero-order valence-corrected chi connectivity index (χ0v) is 16.8. The van der Waals surface area contributed by atoms with Crippen molar-refractivity contribution in [2.24, 2.45) is 5.92 Å². The van der Waals surface area contributed by atoms with Gasteiger partial charge in [-0.15, -0.1) is 0 Å². The molecule has 0 spiro atoms. The van der Waals surface area contributed by atoms with Crippen LogP contribution in [0.5, 0.6) is 11.5 Å². The van der Waals surface area contributed by atoms with E-state index in [1.54, 1.807) is 7.11 Å². The van der Waals surface area contributed by atoms with E-state index in [2.05, 4.69) is 12.1 Å². The molecule has 150 valence electrons. The van der Waals surface area contributed by atoms with Crippen molar-refractivity contribution < 1.29 is 23.9 Å². The minimum atomic E-state index is -0.0388. The minimum Gasteiger partial charge on any atom is -0.493 e. The van der Waals surface area contributed by atoms with Crippen molar-refractivity contribution in [2.45, 2.75) is 32.9 Å². The van der Waals surface area contributed by atoms with E-state index in [0.29, 0.717) is 13.2 Å². The number of hydrogen-bond acceptors (Lipinski definition) is 4. The fourth-order valence-electron chi connectivity index (χ4n) is 3.66. The van der Waals surface area contributed by atoms with Crippen LogP contribution in [0.4, 0.5) is 0 Å². The molecule has 0 radical (unpaired) electrons. The van der Waals surface area contributed by atoms with E-state index in [-0.39, 0.29) is 11.9 Å². The highest BCUT2D eigenvalue weighted by Gasteiger charge is 2.28. The molecule has 5 nitrogen and oxygen atoms in total. The number of carbonyl (C=O) groups is 1. The van der Waals surface area contributed by atoms with Crippen LogP contribution in [0.3, 0.4) is 0 Å². The van der Waals surface area contributed by atoms with Crippen LogP contribution < -0.4 is 14.4 Å². The molecule has 1 aliphatic rings. The molecule has 1 fully saturated rings. The van der Waals surface area contributed by atoms with Crippen LogP contribution in [-0.2, 0) is 22.7 Å². The highest BCUT2D eigenvalue weighted by molar-refractivity contribution is 5.72. The molecule has 0 aromatic heterocycles. The van der Waals surface area contributed by atoms with Crippen molar-refractivity contribution in [1.82, 2.24) is 0 Å². The molecule has 1 N–H and O–H groups in total. The van der Waals surface area contributed by atoms with Crippen LogP contribution in [0.25, 0.3) is 0 Å². The molecule has 0 amide bonds. The van der Waals surface area contributed by atoms with Crippen LogP contribution in [0.15, 0.2) is 48.5 Å². The van der Waals surface area contributed by atoms with Gasteiger partial charge >= 0.3 is 5.97 Å². The summed E-state index contributed by atoms with van der Waals surface area (Å²) in [6.07, 6.45) is 1.78. The molecule has 28 heavy (non-hydrogen) atoms. The summed E-state index contributed by atoms with van der Waals surface area (Å²) in [6, 6.07) is 16.3. The third-order valence-corrected chi connectivity index (χ3v) is 5.23. The summed E-state index contributed by atoms with van der Waals surface area (Å²) in [5.74, 6) is 1.54. The lowest BCUT2D eigenvalue weighted by atomic mass is 9.96. The minimum absolute atomic E-state index is 0.0388. The number of rotatable bonds is 8. The molecule has 1 heterocycles. The average molecular weight is 384 g/mol. The number of nitrogens with one attached hydrogen (secondary N) is 1. The number of piperidine rings is 1. The molecule has 5 heteroatoms. The lowest BCUT2D eigenvalue weighted by Crippen LogP contribution is -3.11. The lowest BCUT2D eigenvalue weighted by molar-refractivity contribution is -0.919. The first-order valence-corrected chi connectivity index (χ1v) is 10.0. The maximum atomic E-state index is 11.9. The Balaban J connectivity index is 1.54. The second-order valence-corrected chi connectivity index (χ2v) is 7.21. The molecule has 2 aromatic carbocycles. The Morgan fingerprint density at radius 2 is 1.79 bits per heavy atom.